The quantitative estimate of drug-likeness (QED) is 0.729. The van der Waals surface area contributed by atoms with E-state index in [1.54, 1.807) is 10.9 Å². The minimum absolute atomic E-state index is 0.0192. The highest BCUT2D eigenvalue weighted by molar-refractivity contribution is 6.04. The lowest BCUT2D eigenvalue weighted by Gasteiger charge is -2.27. The number of nitrogens with zero attached hydrogens (tertiary/aromatic N) is 3. The van der Waals surface area contributed by atoms with Gasteiger partial charge < -0.3 is 15.0 Å². The zero-order valence-corrected chi connectivity index (χ0v) is 14.4. The summed E-state index contributed by atoms with van der Waals surface area (Å²) in [5, 5.41) is 4.26. The number of aromatic nitrogens is 3. The van der Waals surface area contributed by atoms with E-state index in [2.05, 4.69) is 20.2 Å². The average Bonchev–Trinajstić information content (AvgIpc) is 3.01. The molecule has 25 heavy (non-hydrogen) atoms. The Morgan fingerprint density at radius 1 is 1.24 bits per heavy atom. The van der Waals surface area contributed by atoms with Crippen LogP contribution < -0.4 is 15.6 Å². The summed E-state index contributed by atoms with van der Waals surface area (Å²) in [6.07, 6.45) is 1.66. The van der Waals surface area contributed by atoms with Crippen molar-refractivity contribution in [1.82, 2.24) is 24.8 Å². The molecule has 4 rings (SSSR count). The Hall–Kier alpha value is -2.38. The van der Waals surface area contributed by atoms with Crippen LogP contribution in [0.25, 0.3) is 21.9 Å². The molecular weight excluding hydrogens is 318 g/mol. The summed E-state index contributed by atoms with van der Waals surface area (Å²) >= 11 is 0. The zero-order chi connectivity index (χ0) is 17.2. The van der Waals surface area contributed by atoms with Gasteiger partial charge in [-0.25, -0.2) is 4.98 Å². The van der Waals surface area contributed by atoms with Crippen LogP contribution in [0, 0.1) is 0 Å². The van der Waals surface area contributed by atoms with E-state index >= 15 is 0 Å². The number of nitrogens with one attached hydrogen (secondary N) is 2. The molecule has 132 valence electrons. The monoisotopic (exact) mass is 341 g/mol. The van der Waals surface area contributed by atoms with Crippen molar-refractivity contribution in [2.45, 2.75) is 13.5 Å². The van der Waals surface area contributed by atoms with E-state index in [-0.39, 0.29) is 5.56 Å². The molecule has 2 aromatic heterocycles. The lowest BCUT2D eigenvalue weighted by Crippen LogP contribution is -2.45. The van der Waals surface area contributed by atoms with Gasteiger partial charge in [-0.2, -0.15) is 0 Å². The molecule has 0 radical (unpaired) electrons. The number of benzene rings is 1. The molecule has 1 aliphatic heterocycles. The first-order chi connectivity index (χ1) is 12.3. The van der Waals surface area contributed by atoms with E-state index in [1.807, 2.05) is 25.1 Å². The molecule has 3 heterocycles. The third-order valence-corrected chi connectivity index (χ3v) is 4.72. The van der Waals surface area contributed by atoms with Crippen molar-refractivity contribution in [3.63, 3.8) is 0 Å². The maximum atomic E-state index is 12.8. The van der Waals surface area contributed by atoms with Gasteiger partial charge in [0.2, 0.25) is 0 Å². The molecule has 1 aliphatic rings. The number of aromatic amines is 1. The number of ether oxygens (including phenoxy) is 1. The largest absolute Gasteiger partial charge is 0.494 e. The van der Waals surface area contributed by atoms with E-state index in [0.717, 1.165) is 49.4 Å². The SMILES string of the molecule is CCOc1ccc2[nH]c3c(=O)n(CCN4CCNCC4)cnc3c2c1. The molecule has 1 fully saturated rings. The van der Waals surface area contributed by atoms with Gasteiger partial charge in [-0.15, -0.1) is 0 Å². The topological polar surface area (TPSA) is 75.2 Å². The standard InChI is InChI=1S/C18H23N5O2/c1-2-25-13-3-4-15-14(11-13)16-17(21-15)18(24)23(12-20-16)10-9-22-7-5-19-6-8-22/h3-4,11-12,19,21H,2,5-10H2,1H3. The fraction of sp³-hybridized carbons (Fsp3) is 0.444. The van der Waals surface area contributed by atoms with Gasteiger partial charge in [0.1, 0.15) is 16.8 Å². The van der Waals surface area contributed by atoms with Crippen molar-refractivity contribution in [2.24, 2.45) is 0 Å². The lowest BCUT2D eigenvalue weighted by molar-refractivity contribution is 0.231. The Labute approximate surface area is 145 Å². The van der Waals surface area contributed by atoms with E-state index in [9.17, 15) is 4.79 Å². The Morgan fingerprint density at radius 2 is 2.08 bits per heavy atom. The highest BCUT2D eigenvalue weighted by atomic mass is 16.5. The van der Waals surface area contributed by atoms with Crippen LogP contribution in [0.2, 0.25) is 0 Å². The van der Waals surface area contributed by atoms with Crippen LogP contribution in [0.5, 0.6) is 5.75 Å². The maximum absolute atomic E-state index is 12.8. The van der Waals surface area contributed by atoms with E-state index in [4.69, 9.17) is 4.74 Å². The first-order valence-corrected chi connectivity index (χ1v) is 8.83. The van der Waals surface area contributed by atoms with Gasteiger partial charge in [0.25, 0.3) is 5.56 Å². The molecule has 0 atom stereocenters. The van der Waals surface area contributed by atoms with Crippen LogP contribution >= 0.6 is 0 Å². The van der Waals surface area contributed by atoms with Crippen LogP contribution in [-0.2, 0) is 6.54 Å². The predicted molar refractivity (Wildman–Crippen MR) is 98.3 cm³/mol. The molecule has 0 aliphatic carbocycles. The molecule has 2 N–H and O–H groups in total. The van der Waals surface area contributed by atoms with Gasteiger partial charge in [-0.3, -0.25) is 14.3 Å². The summed E-state index contributed by atoms with van der Waals surface area (Å²) in [5.41, 5.74) is 2.16. The Balaban J connectivity index is 1.65. The Kier molecular flexibility index (Phi) is 4.42. The second-order valence-corrected chi connectivity index (χ2v) is 6.32. The van der Waals surface area contributed by atoms with Crippen LogP contribution in [0.1, 0.15) is 6.92 Å². The molecule has 7 heteroatoms. The van der Waals surface area contributed by atoms with Crippen molar-refractivity contribution >= 4 is 21.9 Å². The number of fused-ring (bicyclic) bond motifs is 3. The van der Waals surface area contributed by atoms with Gasteiger partial charge in [0.05, 0.1) is 12.9 Å². The minimum atomic E-state index is -0.0192. The maximum Gasteiger partial charge on any atom is 0.277 e. The van der Waals surface area contributed by atoms with Gasteiger partial charge in [0, 0.05) is 50.2 Å². The third kappa shape index (κ3) is 3.12. The third-order valence-electron chi connectivity index (χ3n) is 4.72. The number of rotatable bonds is 5. The van der Waals surface area contributed by atoms with Crippen molar-refractivity contribution < 1.29 is 4.74 Å². The Bertz CT molecular complexity index is 940. The van der Waals surface area contributed by atoms with Gasteiger partial charge in [-0.05, 0) is 25.1 Å². The molecule has 1 aromatic carbocycles. The number of piperazine rings is 1. The van der Waals surface area contributed by atoms with Gasteiger partial charge in [-0.1, -0.05) is 0 Å². The zero-order valence-electron chi connectivity index (χ0n) is 14.4. The van der Waals surface area contributed by atoms with E-state index in [1.165, 1.54) is 0 Å². The van der Waals surface area contributed by atoms with Gasteiger partial charge >= 0.3 is 0 Å². The molecule has 3 aromatic rings. The number of H-pyrrole nitrogens is 1. The molecule has 7 nitrogen and oxygen atoms in total. The minimum Gasteiger partial charge on any atom is -0.494 e. The van der Waals surface area contributed by atoms with E-state index in [0.29, 0.717) is 24.2 Å². The highest BCUT2D eigenvalue weighted by Crippen LogP contribution is 2.25. The highest BCUT2D eigenvalue weighted by Gasteiger charge is 2.13. The van der Waals surface area contributed by atoms with Gasteiger partial charge in [0.15, 0.2) is 0 Å². The Morgan fingerprint density at radius 3 is 2.88 bits per heavy atom. The first kappa shape index (κ1) is 16.1. The average molecular weight is 341 g/mol. The molecule has 0 unspecified atom stereocenters. The predicted octanol–water partition coefficient (Wildman–Crippen LogP) is 1.18. The van der Waals surface area contributed by atoms with Crippen LogP contribution in [0.3, 0.4) is 0 Å². The van der Waals surface area contributed by atoms with Crippen molar-refractivity contribution in [2.75, 3.05) is 39.3 Å². The van der Waals surface area contributed by atoms with Crippen molar-refractivity contribution in [3.05, 3.63) is 34.9 Å². The van der Waals surface area contributed by atoms with Crippen LogP contribution in [-0.4, -0.2) is 58.8 Å². The van der Waals surface area contributed by atoms with Crippen molar-refractivity contribution in [3.8, 4) is 5.75 Å². The molecular formula is C18H23N5O2. The first-order valence-electron chi connectivity index (χ1n) is 8.83. The molecule has 0 amide bonds. The number of hydrogen-bond donors (Lipinski definition) is 2. The van der Waals surface area contributed by atoms with E-state index < -0.39 is 0 Å². The molecule has 0 saturated carbocycles. The van der Waals surface area contributed by atoms with Crippen molar-refractivity contribution in [1.29, 1.82) is 0 Å². The molecule has 0 spiro atoms. The molecule has 1 saturated heterocycles. The lowest BCUT2D eigenvalue weighted by atomic mass is 10.2. The fourth-order valence-electron chi connectivity index (χ4n) is 3.37. The second kappa shape index (κ2) is 6.85. The van der Waals surface area contributed by atoms with Crippen LogP contribution in [0.4, 0.5) is 0 Å². The second-order valence-electron chi connectivity index (χ2n) is 6.32. The normalized spacial score (nSPS) is 15.9. The fourth-order valence-corrected chi connectivity index (χ4v) is 3.37. The smallest absolute Gasteiger partial charge is 0.277 e. The summed E-state index contributed by atoms with van der Waals surface area (Å²) in [7, 11) is 0. The summed E-state index contributed by atoms with van der Waals surface area (Å²) in [6.45, 7) is 8.15. The summed E-state index contributed by atoms with van der Waals surface area (Å²) in [5.74, 6) is 0.792. The van der Waals surface area contributed by atoms with Crippen LogP contribution in [0.15, 0.2) is 29.3 Å². The number of hydrogen-bond acceptors (Lipinski definition) is 5. The summed E-state index contributed by atoms with van der Waals surface area (Å²) in [6, 6.07) is 5.78. The molecule has 0 bridgehead atoms. The summed E-state index contributed by atoms with van der Waals surface area (Å²) in [4.78, 5) is 22.9. The summed E-state index contributed by atoms with van der Waals surface area (Å²) < 4.78 is 7.25.